The van der Waals surface area contributed by atoms with Crippen LogP contribution in [0.25, 0.3) is 17.2 Å². The second-order valence-electron chi connectivity index (χ2n) is 8.83. The molecule has 0 unspecified atom stereocenters. The van der Waals surface area contributed by atoms with Gasteiger partial charge in [0.15, 0.2) is 0 Å². The van der Waals surface area contributed by atoms with Crippen molar-refractivity contribution in [1.29, 1.82) is 0 Å². The molecule has 2 N–H and O–H groups in total. The van der Waals surface area contributed by atoms with Crippen molar-refractivity contribution in [3.8, 4) is 11.1 Å². The molecule has 0 radical (unpaired) electrons. The van der Waals surface area contributed by atoms with Crippen molar-refractivity contribution in [2.24, 2.45) is 0 Å². The van der Waals surface area contributed by atoms with Crippen LogP contribution >= 0.6 is 0 Å². The van der Waals surface area contributed by atoms with Crippen molar-refractivity contribution in [2.45, 2.75) is 57.2 Å². The number of aliphatic hydroxyl groups excluding tert-OH is 2. The van der Waals surface area contributed by atoms with Gasteiger partial charge >= 0.3 is 29.6 Å². The molecule has 0 aromatic heterocycles. The second-order valence-corrected chi connectivity index (χ2v) is 8.83. The number of halogens is 1. The molecular formula is C30H32FNaO4. The van der Waals surface area contributed by atoms with Crippen molar-refractivity contribution in [1.82, 2.24) is 0 Å². The Kier molecular flexibility index (Phi) is 11.5. The standard InChI is InChI=1S/C30H33FO4.Na/c1-3-30(4-2,22-10-6-5-7-11-22)23-16-14-21(15-17-24(32)19-25(33)20-29(34)35)27(18-23)26-12-8-9-13-28(26)31;/h5-18,24-25,32-33H,3-4,19-20H2,1-2H3,(H,34,35);/q;+1/p-1/b17-15+;/t24-,25-;/m1./s1. The Morgan fingerprint density at radius 2 is 1.58 bits per heavy atom. The first kappa shape index (κ1) is 29.9. The molecule has 0 amide bonds. The van der Waals surface area contributed by atoms with Gasteiger partial charge in [-0.1, -0.05) is 86.7 Å². The number of aliphatic hydroxyl groups is 2. The molecule has 184 valence electrons. The van der Waals surface area contributed by atoms with Gasteiger partial charge in [-0.15, -0.1) is 0 Å². The summed E-state index contributed by atoms with van der Waals surface area (Å²) >= 11 is 0. The van der Waals surface area contributed by atoms with E-state index in [0.29, 0.717) is 16.7 Å². The summed E-state index contributed by atoms with van der Waals surface area (Å²) in [6.45, 7) is 4.31. The first-order chi connectivity index (χ1) is 16.8. The third kappa shape index (κ3) is 7.15. The van der Waals surface area contributed by atoms with E-state index in [4.69, 9.17) is 0 Å². The van der Waals surface area contributed by atoms with Crippen LogP contribution in [0.3, 0.4) is 0 Å². The molecule has 4 nitrogen and oxygen atoms in total. The fraction of sp³-hybridized carbons (Fsp3) is 0.300. The van der Waals surface area contributed by atoms with Crippen molar-refractivity contribution < 1.29 is 54.1 Å². The number of benzene rings is 3. The van der Waals surface area contributed by atoms with Crippen LogP contribution in [0.5, 0.6) is 0 Å². The molecule has 0 saturated carbocycles. The zero-order valence-corrected chi connectivity index (χ0v) is 23.2. The third-order valence-corrected chi connectivity index (χ3v) is 6.72. The number of hydrogen-bond donors (Lipinski definition) is 2. The normalized spacial score (nSPS) is 13.2. The van der Waals surface area contributed by atoms with E-state index in [1.54, 1.807) is 24.3 Å². The van der Waals surface area contributed by atoms with Gasteiger partial charge in [-0.2, -0.15) is 0 Å². The Labute approximate surface area is 234 Å². The van der Waals surface area contributed by atoms with Crippen LogP contribution in [0.4, 0.5) is 4.39 Å². The van der Waals surface area contributed by atoms with Crippen LogP contribution in [0.1, 0.15) is 56.2 Å². The van der Waals surface area contributed by atoms with Gasteiger partial charge < -0.3 is 20.1 Å². The Morgan fingerprint density at radius 3 is 2.19 bits per heavy atom. The van der Waals surface area contributed by atoms with Crippen LogP contribution in [0.15, 0.2) is 78.9 Å². The van der Waals surface area contributed by atoms with E-state index < -0.39 is 24.6 Å². The largest absolute Gasteiger partial charge is 1.00 e. The fourth-order valence-corrected chi connectivity index (χ4v) is 4.75. The smallest absolute Gasteiger partial charge is 0.550 e. The van der Waals surface area contributed by atoms with E-state index in [1.807, 2.05) is 36.4 Å². The maximum atomic E-state index is 14.9. The van der Waals surface area contributed by atoms with E-state index in [-0.39, 0.29) is 47.2 Å². The predicted molar refractivity (Wildman–Crippen MR) is 135 cm³/mol. The van der Waals surface area contributed by atoms with E-state index in [0.717, 1.165) is 18.4 Å². The van der Waals surface area contributed by atoms with Gasteiger partial charge in [0.05, 0.1) is 12.2 Å². The number of aliphatic carboxylic acids is 1. The minimum Gasteiger partial charge on any atom is -0.550 e. The maximum Gasteiger partial charge on any atom is 1.00 e. The van der Waals surface area contributed by atoms with Crippen LogP contribution in [-0.2, 0) is 10.2 Å². The molecule has 0 fully saturated rings. The van der Waals surface area contributed by atoms with Crippen LogP contribution in [0, 0.1) is 5.82 Å². The number of carbonyl (C=O) groups excluding carboxylic acids is 1. The van der Waals surface area contributed by atoms with E-state index in [1.165, 1.54) is 17.7 Å². The first-order valence-corrected chi connectivity index (χ1v) is 12.0. The monoisotopic (exact) mass is 498 g/mol. The molecule has 3 aromatic carbocycles. The molecular weight excluding hydrogens is 466 g/mol. The Balaban J connectivity index is 0.00000456. The minimum atomic E-state index is -1.38. The molecule has 3 aromatic rings. The van der Waals surface area contributed by atoms with Gasteiger partial charge in [0.2, 0.25) is 0 Å². The summed E-state index contributed by atoms with van der Waals surface area (Å²) < 4.78 is 14.9. The maximum absolute atomic E-state index is 14.9. The molecule has 6 heteroatoms. The summed E-state index contributed by atoms with van der Waals surface area (Å²) in [7, 11) is 0. The second kappa shape index (κ2) is 13.9. The van der Waals surface area contributed by atoms with Gasteiger partial charge in [0, 0.05) is 29.8 Å². The van der Waals surface area contributed by atoms with Crippen molar-refractivity contribution in [3.63, 3.8) is 0 Å². The molecule has 0 aliphatic heterocycles. The molecule has 0 spiro atoms. The van der Waals surface area contributed by atoms with Crippen molar-refractivity contribution in [2.75, 3.05) is 0 Å². The zero-order chi connectivity index (χ0) is 25.4. The SMILES string of the molecule is CCC(CC)(c1ccccc1)c1ccc(/C=C/[C@@H](O)C[C@@H](O)CC(=O)[O-])c(-c2ccccc2F)c1.[Na+]. The summed E-state index contributed by atoms with van der Waals surface area (Å²) in [5.74, 6) is -1.72. The molecule has 0 bridgehead atoms. The van der Waals surface area contributed by atoms with Gasteiger partial charge in [-0.05, 0) is 47.2 Å². The quantitative estimate of drug-likeness (QED) is 0.396. The molecule has 3 rings (SSSR count). The Hall–Kier alpha value is -2.28. The average molecular weight is 499 g/mol. The van der Waals surface area contributed by atoms with Gasteiger partial charge in [0.25, 0.3) is 0 Å². The summed E-state index contributed by atoms with van der Waals surface area (Å²) in [6.07, 6.45) is 1.95. The summed E-state index contributed by atoms with van der Waals surface area (Å²) in [6, 6.07) is 22.9. The number of carboxylic acids is 1. The molecule has 0 aliphatic carbocycles. The summed E-state index contributed by atoms with van der Waals surface area (Å²) in [4.78, 5) is 10.7. The van der Waals surface area contributed by atoms with E-state index in [9.17, 15) is 24.5 Å². The zero-order valence-electron chi connectivity index (χ0n) is 21.2. The van der Waals surface area contributed by atoms with Crippen LogP contribution in [-0.4, -0.2) is 28.4 Å². The molecule has 36 heavy (non-hydrogen) atoms. The number of hydrogen-bond acceptors (Lipinski definition) is 4. The van der Waals surface area contributed by atoms with Gasteiger partial charge in [0.1, 0.15) is 5.82 Å². The van der Waals surface area contributed by atoms with E-state index >= 15 is 0 Å². The van der Waals surface area contributed by atoms with Crippen LogP contribution in [0.2, 0.25) is 0 Å². The predicted octanol–water partition coefficient (Wildman–Crippen LogP) is 1.87. The van der Waals surface area contributed by atoms with Crippen molar-refractivity contribution in [3.05, 3.63) is 101 Å². The summed E-state index contributed by atoms with van der Waals surface area (Å²) in [5, 5.41) is 30.7. The number of carbonyl (C=O) groups is 1. The van der Waals surface area contributed by atoms with Gasteiger partial charge in [-0.25, -0.2) is 4.39 Å². The van der Waals surface area contributed by atoms with Crippen molar-refractivity contribution >= 4 is 12.0 Å². The number of rotatable bonds is 11. The number of carboxylic acid groups (broad SMARTS) is 1. The van der Waals surface area contributed by atoms with Crippen LogP contribution < -0.4 is 34.7 Å². The first-order valence-electron chi connectivity index (χ1n) is 12.0. The molecule has 0 heterocycles. The van der Waals surface area contributed by atoms with E-state index in [2.05, 4.69) is 26.0 Å². The molecule has 2 atom stereocenters. The average Bonchev–Trinajstić information content (AvgIpc) is 2.84. The molecule has 0 aliphatic rings. The minimum absolute atomic E-state index is 0. The Bertz CT molecular complexity index is 1160. The Morgan fingerprint density at radius 1 is 0.944 bits per heavy atom. The third-order valence-electron chi connectivity index (χ3n) is 6.72. The molecule has 0 saturated heterocycles. The fourth-order valence-electron chi connectivity index (χ4n) is 4.75. The van der Waals surface area contributed by atoms with Gasteiger partial charge in [-0.3, -0.25) is 0 Å². The topological polar surface area (TPSA) is 80.6 Å². The summed E-state index contributed by atoms with van der Waals surface area (Å²) in [5.41, 5.74) is 3.90.